The first-order valence-electron chi connectivity index (χ1n) is 9.50. The van der Waals surface area contributed by atoms with Crippen molar-refractivity contribution >= 4 is 16.8 Å². The Kier molecular flexibility index (Phi) is 5.21. The molecule has 0 N–H and O–H groups in total. The number of nitrogens with zero attached hydrogens (tertiary/aromatic N) is 4. The molecule has 1 aliphatic rings. The van der Waals surface area contributed by atoms with Crippen LogP contribution >= 0.6 is 0 Å². The number of aryl methyl sites for hydroxylation is 1. The number of benzene rings is 1. The van der Waals surface area contributed by atoms with Gasteiger partial charge in [0.05, 0.1) is 23.9 Å². The molecule has 4 rings (SSSR count). The van der Waals surface area contributed by atoms with Crippen LogP contribution in [0.5, 0.6) is 5.75 Å². The number of methoxy groups -OCH3 is 1. The SMILES string of the molecule is COc1ccc2cc(C(=O)N3CCN(Cc4ccncc4)CC3)c(C)nc2c1. The van der Waals surface area contributed by atoms with E-state index in [1.807, 2.05) is 60.6 Å². The Bertz CT molecular complexity index is 982. The van der Waals surface area contributed by atoms with E-state index in [1.54, 1.807) is 7.11 Å². The van der Waals surface area contributed by atoms with Crippen LogP contribution in [0.1, 0.15) is 21.6 Å². The summed E-state index contributed by atoms with van der Waals surface area (Å²) in [4.78, 5) is 26.1. The van der Waals surface area contributed by atoms with Gasteiger partial charge in [-0.25, -0.2) is 0 Å². The van der Waals surface area contributed by atoms with Crippen molar-refractivity contribution in [2.24, 2.45) is 0 Å². The van der Waals surface area contributed by atoms with E-state index in [0.29, 0.717) is 5.56 Å². The number of amides is 1. The second kappa shape index (κ2) is 7.94. The molecule has 3 aromatic rings. The number of carbonyl (C=O) groups is 1. The van der Waals surface area contributed by atoms with Crippen molar-refractivity contribution in [1.29, 1.82) is 0 Å². The zero-order valence-electron chi connectivity index (χ0n) is 16.3. The summed E-state index contributed by atoms with van der Waals surface area (Å²) < 4.78 is 5.26. The lowest BCUT2D eigenvalue weighted by Gasteiger charge is -2.35. The second-order valence-corrected chi connectivity index (χ2v) is 7.10. The Labute approximate surface area is 164 Å². The Balaban J connectivity index is 1.45. The summed E-state index contributed by atoms with van der Waals surface area (Å²) in [6, 6.07) is 11.8. The molecular weight excluding hydrogens is 352 g/mol. The Hall–Kier alpha value is -2.99. The van der Waals surface area contributed by atoms with E-state index < -0.39 is 0 Å². The van der Waals surface area contributed by atoms with Crippen LogP contribution < -0.4 is 4.74 Å². The highest BCUT2D eigenvalue weighted by Crippen LogP contribution is 2.23. The van der Waals surface area contributed by atoms with Crippen molar-refractivity contribution in [1.82, 2.24) is 19.8 Å². The monoisotopic (exact) mass is 376 g/mol. The number of hydrogen-bond acceptors (Lipinski definition) is 5. The van der Waals surface area contributed by atoms with Crippen LogP contribution in [-0.4, -0.2) is 59.0 Å². The van der Waals surface area contributed by atoms with Crippen LogP contribution in [0.3, 0.4) is 0 Å². The largest absolute Gasteiger partial charge is 0.497 e. The Morgan fingerprint density at radius 3 is 2.54 bits per heavy atom. The zero-order valence-corrected chi connectivity index (χ0v) is 16.3. The Morgan fingerprint density at radius 1 is 1.07 bits per heavy atom. The smallest absolute Gasteiger partial charge is 0.255 e. The Morgan fingerprint density at radius 2 is 1.82 bits per heavy atom. The highest BCUT2D eigenvalue weighted by Gasteiger charge is 2.24. The van der Waals surface area contributed by atoms with Crippen LogP contribution in [0, 0.1) is 6.92 Å². The first-order valence-corrected chi connectivity index (χ1v) is 9.50. The number of ether oxygens (including phenoxy) is 1. The molecule has 2 aromatic heterocycles. The number of pyridine rings is 2. The van der Waals surface area contributed by atoms with Gasteiger partial charge in [0.2, 0.25) is 0 Å². The second-order valence-electron chi connectivity index (χ2n) is 7.10. The highest BCUT2D eigenvalue weighted by atomic mass is 16.5. The first-order chi connectivity index (χ1) is 13.6. The van der Waals surface area contributed by atoms with Gasteiger partial charge < -0.3 is 9.64 Å². The lowest BCUT2D eigenvalue weighted by molar-refractivity contribution is 0.0627. The minimum atomic E-state index is 0.0614. The molecular formula is C22H24N4O2. The van der Waals surface area contributed by atoms with Crippen molar-refractivity contribution in [3.63, 3.8) is 0 Å². The molecule has 0 saturated carbocycles. The van der Waals surface area contributed by atoms with Crippen molar-refractivity contribution in [3.05, 3.63) is 65.6 Å². The normalized spacial score (nSPS) is 15.0. The molecule has 1 amide bonds. The van der Waals surface area contributed by atoms with E-state index >= 15 is 0 Å². The van der Waals surface area contributed by atoms with Gasteiger partial charge in [-0.05, 0) is 42.8 Å². The molecule has 0 atom stereocenters. The number of rotatable bonds is 4. The molecule has 0 aliphatic carbocycles. The van der Waals surface area contributed by atoms with Gasteiger partial charge in [-0.2, -0.15) is 0 Å². The number of aromatic nitrogens is 2. The summed E-state index contributed by atoms with van der Waals surface area (Å²) in [7, 11) is 1.64. The molecule has 1 aromatic carbocycles. The van der Waals surface area contributed by atoms with Crippen LogP contribution in [0.25, 0.3) is 10.9 Å². The van der Waals surface area contributed by atoms with E-state index in [-0.39, 0.29) is 5.91 Å². The van der Waals surface area contributed by atoms with Gasteiger partial charge >= 0.3 is 0 Å². The molecule has 1 fully saturated rings. The van der Waals surface area contributed by atoms with Gasteiger partial charge in [0, 0.05) is 56.6 Å². The van der Waals surface area contributed by atoms with Crippen LogP contribution in [-0.2, 0) is 6.54 Å². The van der Waals surface area contributed by atoms with E-state index in [1.165, 1.54) is 5.56 Å². The van der Waals surface area contributed by atoms with E-state index in [0.717, 1.165) is 55.1 Å². The molecule has 1 saturated heterocycles. The molecule has 0 radical (unpaired) electrons. The predicted octanol–water partition coefficient (Wildman–Crippen LogP) is 2.90. The first kappa shape index (κ1) is 18.4. The topological polar surface area (TPSA) is 58.6 Å². The van der Waals surface area contributed by atoms with Gasteiger partial charge in [0.25, 0.3) is 5.91 Å². The van der Waals surface area contributed by atoms with Gasteiger partial charge in [0.15, 0.2) is 0 Å². The molecule has 144 valence electrons. The fraction of sp³-hybridized carbons (Fsp3) is 0.318. The van der Waals surface area contributed by atoms with Gasteiger partial charge in [-0.15, -0.1) is 0 Å². The van der Waals surface area contributed by atoms with Crippen LogP contribution in [0.15, 0.2) is 48.8 Å². The van der Waals surface area contributed by atoms with Crippen molar-refractivity contribution in [3.8, 4) is 5.75 Å². The quantitative estimate of drug-likeness (QED) is 0.701. The standard InChI is InChI=1S/C22H24N4O2/c1-16-20(13-18-3-4-19(28-2)14-21(18)24-16)22(27)26-11-9-25(10-12-26)15-17-5-7-23-8-6-17/h3-8,13-14H,9-12,15H2,1-2H3. The van der Waals surface area contributed by atoms with Gasteiger partial charge in [-0.3, -0.25) is 19.7 Å². The average molecular weight is 376 g/mol. The lowest BCUT2D eigenvalue weighted by Crippen LogP contribution is -2.48. The number of hydrogen-bond donors (Lipinski definition) is 0. The van der Waals surface area contributed by atoms with Crippen molar-refractivity contribution in [2.45, 2.75) is 13.5 Å². The summed E-state index contributed by atoms with van der Waals surface area (Å²) in [5, 5.41) is 0.950. The average Bonchev–Trinajstić information content (AvgIpc) is 2.73. The molecule has 3 heterocycles. The number of piperazine rings is 1. The maximum atomic E-state index is 13.1. The van der Waals surface area contributed by atoms with Crippen molar-refractivity contribution < 1.29 is 9.53 Å². The van der Waals surface area contributed by atoms with E-state index in [2.05, 4.69) is 14.9 Å². The van der Waals surface area contributed by atoms with Gasteiger partial charge in [0.1, 0.15) is 5.75 Å². The van der Waals surface area contributed by atoms with Gasteiger partial charge in [-0.1, -0.05) is 0 Å². The maximum absolute atomic E-state index is 13.1. The van der Waals surface area contributed by atoms with Crippen molar-refractivity contribution in [2.75, 3.05) is 33.3 Å². The van der Waals surface area contributed by atoms with E-state index in [9.17, 15) is 4.79 Å². The molecule has 1 aliphatic heterocycles. The maximum Gasteiger partial charge on any atom is 0.255 e. The summed E-state index contributed by atoms with van der Waals surface area (Å²) in [5.74, 6) is 0.829. The van der Waals surface area contributed by atoms with E-state index in [4.69, 9.17) is 4.74 Å². The third-order valence-electron chi connectivity index (χ3n) is 5.26. The molecule has 6 nitrogen and oxygen atoms in total. The zero-order chi connectivity index (χ0) is 19.5. The van der Waals surface area contributed by atoms with Crippen LogP contribution in [0.4, 0.5) is 0 Å². The lowest BCUT2D eigenvalue weighted by atomic mass is 10.1. The summed E-state index contributed by atoms with van der Waals surface area (Å²) in [6.07, 6.45) is 3.64. The summed E-state index contributed by atoms with van der Waals surface area (Å²) in [5.41, 5.74) is 3.53. The molecule has 28 heavy (non-hydrogen) atoms. The fourth-order valence-corrected chi connectivity index (χ4v) is 3.61. The predicted molar refractivity (Wildman–Crippen MR) is 108 cm³/mol. The van der Waals surface area contributed by atoms with Crippen LogP contribution in [0.2, 0.25) is 0 Å². The molecule has 0 unspecified atom stereocenters. The fourth-order valence-electron chi connectivity index (χ4n) is 3.61. The number of carbonyl (C=O) groups excluding carboxylic acids is 1. The molecule has 6 heteroatoms. The third-order valence-corrected chi connectivity index (χ3v) is 5.26. The minimum Gasteiger partial charge on any atom is -0.497 e. The summed E-state index contributed by atoms with van der Waals surface area (Å²) >= 11 is 0. The number of fused-ring (bicyclic) bond motifs is 1. The third kappa shape index (κ3) is 3.82. The summed E-state index contributed by atoms with van der Waals surface area (Å²) in [6.45, 7) is 5.97. The highest BCUT2D eigenvalue weighted by molar-refractivity contribution is 5.98. The molecule has 0 bridgehead atoms. The molecule has 0 spiro atoms. The minimum absolute atomic E-state index is 0.0614.